The number of hydrogen-bond acceptors (Lipinski definition) is 4. The van der Waals surface area contributed by atoms with Crippen LogP contribution in [0.25, 0.3) is 11.4 Å². The Morgan fingerprint density at radius 2 is 2.09 bits per heavy atom. The van der Waals surface area contributed by atoms with E-state index < -0.39 is 0 Å². The van der Waals surface area contributed by atoms with Crippen molar-refractivity contribution in [3.8, 4) is 11.4 Å². The van der Waals surface area contributed by atoms with Crippen molar-refractivity contribution in [2.24, 2.45) is 0 Å². The first-order valence-corrected chi connectivity index (χ1v) is 3.20. The molecule has 4 nitrogen and oxygen atoms in total. The van der Waals surface area contributed by atoms with E-state index in [0.717, 1.165) is 11.4 Å². The van der Waals surface area contributed by atoms with Gasteiger partial charge in [-0.25, -0.2) is 4.98 Å². The lowest BCUT2D eigenvalue weighted by Crippen LogP contribution is -1.85. The molecule has 2 rings (SSSR count). The van der Waals surface area contributed by atoms with Gasteiger partial charge in [0, 0.05) is 0 Å². The van der Waals surface area contributed by atoms with Crippen molar-refractivity contribution in [3.63, 3.8) is 0 Å². The van der Waals surface area contributed by atoms with E-state index >= 15 is 0 Å². The fourth-order valence-corrected chi connectivity index (χ4v) is 0.882. The van der Waals surface area contributed by atoms with Crippen LogP contribution in [0.3, 0.4) is 0 Å². The minimum atomic E-state index is 0.481. The average molecular weight is 146 g/mol. The molecule has 54 valence electrons. The quantitative estimate of drug-likeness (QED) is 0.589. The fourth-order valence-electron chi connectivity index (χ4n) is 0.882. The number of fused-ring (bicyclic) bond motifs is 1. The van der Waals surface area contributed by atoms with Crippen molar-refractivity contribution >= 4 is 5.82 Å². The van der Waals surface area contributed by atoms with Gasteiger partial charge in [-0.15, -0.1) is 5.10 Å². The first-order chi connectivity index (χ1) is 5.36. The summed E-state index contributed by atoms with van der Waals surface area (Å²) in [7, 11) is 0. The van der Waals surface area contributed by atoms with Crippen molar-refractivity contribution in [2.45, 2.75) is 0 Å². The lowest BCUT2D eigenvalue weighted by molar-refractivity contribution is 1.10. The highest BCUT2D eigenvalue weighted by Gasteiger charge is 2.02. The van der Waals surface area contributed by atoms with Gasteiger partial charge in [0.25, 0.3) is 0 Å². The van der Waals surface area contributed by atoms with Crippen LogP contribution < -0.4 is 5.73 Å². The summed E-state index contributed by atoms with van der Waals surface area (Å²) in [5.74, 6) is 0.481. The first kappa shape index (κ1) is 6.03. The third kappa shape index (κ3) is 0.980. The van der Waals surface area contributed by atoms with E-state index in [0.29, 0.717) is 5.82 Å². The van der Waals surface area contributed by atoms with Gasteiger partial charge in [0.05, 0.1) is 6.20 Å². The van der Waals surface area contributed by atoms with E-state index in [1.54, 1.807) is 18.3 Å². The average Bonchev–Trinajstić information content (AvgIpc) is 2.31. The number of nitrogens with zero attached hydrogens (tertiary/aromatic N) is 3. The molecular formula is C7H6N4. The molecule has 0 aliphatic carbocycles. The third-order valence-corrected chi connectivity index (χ3v) is 1.38. The second-order valence-corrected chi connectivity index (χ2v) is 2.18. The Balaban J connectivity index is 2.73. The summed E-state index contributed by atoms with van der Waals surface area (Å²) in [4.78, 5) is 4.05. The minimum Gasteiger partial charge on any atom is -0.384 e. The monoisotopic (exact) mass is 146 g/mol. The van der Waals surface area contributed by atoms with Crippen LogP contribution >= 0.6 is 0 Å². The molecule has 0 atom stereocenters. The SMILES string of the molecule is Nc1cccc2nncc-2n1. The summed E-state index contributed by atoms with van der Waals surface area (Å²) in [6.07, 6.45) is 1.59. The Bertz CT molecular complexity index is 346. The van der Waals surface area contributed by atoms with Gasteiger partial charge in [0.15, 0.2) is 0 Å². The predicted molar refractivity (Wildman–Crippen MR) is 40.9 cm³/mol. The molecule has 0 spiro atoms. The standard InChI is InChI=1S/C7H6N4/c8-7-3-1-2-5-6(10-7)4-9-11-5/h1-4H,(H2,8,10). The van der Waals surface area contributed by atoms with E-state index in [9.17, 15) is 0 Å². The van der Waals surface area contributed by atoms with E-state index in [-0.39, 0.29) is 0 Å². The fraction of sp³-hybridized carbons (Fsp3) is 0. The van der Waals surface area contributed by atoms with Gasteiger partial charge in [-0.05, 0) is 12.1 Å². The van der Waals surface area contributed by atoms with E-state index in [1.165, 1.54) is 0 Å². The summed E-state index contributed by atoms with van der Waals surface area (Å²) >= 11 is 0. The van der Waals surface area contributed by atoms with Crippen LogP contribution in [-0.4, -0.2) is 15.2 Å². The number of hydrogen-bond donors (Lipinski definition) is 1. The lowest BCUT2D eigenvalue weighted by atomic mass is 10.3. The Morgan fingerprint density at radius 1 is 1.18 bits per heavy atom. The zero-order valence-electron chi connectivity index (χ0n) is 5.73. The topological polar surface area (TPSA) is 64.7 Å². The number of nitrogen functional groups attached to an aromatic ring is 1. The van der Waals surface area contributed by atoms with Gasteiger partial charge in [0.2, 0.25) is 0 Å². The van der Waals surface area contributed by atoms with Crippen LogP contribution in [-0.2, 0) is 0 Å². The lowest BCUT2D eigenvalue weighted by Gasteiger charge is -1.84. The van der Waals surface area contributed by atoms with Crippen LogP contribution in [0, 0.1) is 0 Å². The molecule has 11 heavy (non-hydrogen) atoms. The zero-order chi connectivity index (χ0) is 7.68. The van der Waals surface area contributed by atoms with Crippen molar-refractivity contribution in [3.05, 3.63) is 24.4 Å². The van der Waals surface area contributed by atoms with Crippen LogP contribution in [0.2, 0.25) is 0 Å². The Morgan fingerprint density at radius 3 is 3.00 bits per heavy atom. The largest absolute Gasteiger partial charge is 0.384 e. The molecular weight excluding hydrogens is 140 g/mol. The maximum absolute atomic E-state index is 5.50. The number of nitrogens with two attached hydrogens (primary N) is 1. The summed E-state index contributed by atoms with van der Waals surface area (Å²) in [6, 6.07) is 5.35. The Kier molecular flexibility index (Phi) is 1.18. The number of rotatable bonds is 0. The van der Waals surface area contributed by atoms with E-state index in [4.69, 9.17) is 5.73 Å². The summed E-state index contributed by atoms with van der Waals surface area (Å²) in [5.41, 5.74) is 6.99. The van der Waals surface area contributed by atoms with Gasteiger partial charge in [-0.2, -0.15) is 5.10 Å². The molecule has 0 aromatic carbocycles. The highest BCUT2D eigenvalue weighted by Crippen LogP contribution is 2.13. The maximum Gasteiger partial charge on any atom is 0.124 e. The highest BCUT2D eigenvalue weighted by atomic mass is 15.1. The molecule has 0 saturated carbocycles. The molecule has 0 fully saturated rings. The number of anilines is 1. The number of aromatic nitrogens is 3. The third-order valence-electron chi connectivity index (χ3n) is 1.38. The molecule has 4 heteroatoms. The molecule has 0 aromatic rings. The molecule has 2 aliphatic rings. The minimum absolute atomic E-state index is 0.481. The van der Waals surface area contributed by atoms with Crippen LogP contribution in [0.5, 0.6) is 0 Å². The molecule has 0 unspecified atom stereocenters. The first-order valence-electron chi connectivity index (χ1n) is 3.20. The molecule has 2 aliphatic heterocycles. The van der Waals surface area contributed by atoms with Crippen molar-refractivity contribution in [1.82, 2.24) is 15.2 Å². The van der Waals surface area contributed by atoms with Gasteiger partial charge in [0.1, 0.15) is 17.2 Å². The predicted octanol–water partition coefficient (Wildman–Crippen LogP) is 0.559. The summed E-state index contributed by atoms with van der Waals surface area (Å²) in [5, 5.41) is 7.53. The molecule has 0 aromatic heterocycles. The Labute approximate surface area is 63.4 Å². The second-order valence-electron chi connectivity index (χ2n) is 2.18. The van der Waals surface area contributed by atoms with Gasteiger partial charge in [-0.1, -0.05) is 6.07 Å². The van der Waals surface area contributed by atoms with Crippen molar-refractivity contribution in [1.29, 1.82) is 0 Å². The van der Waals surface area contributed by atoms with Gasteiger partial charge < -0.3 is 5.73 Å². The van der Waals surface area contributed by atoms with Gasteiger partial charge in [-0.3, -0.25) is 0 Å². The Hall–Kier alpha value is -1.71. The smallest absolute Gasteiger partial charge is 0.124 e. The second kappa shape index (κ2) is 2.16. The van der Waals surface area contributed by atoms with Crippen molar-refractivity contribution < 1.29 is 0 Å². The van der Waals surface area contributed by atoms with Crippen LogP contribution in [0.4, 0.5) is 5.82 Å². The van der Waals surface area contributed by atoms with Gasteiger partial charge >= 0.3 is 0 Å². The molecule has 2 heterocycles. The van der Waals surface area contributed by atoms with Crippen LogP contribution in [0.1, 0.15) is 0 Å². The summed E-state index contributed by atoms with van der Waals surface area (Å²) in [6.45, 7) is 0. The molecule has 2 N–H and O–H groups in total. The highest BCUT2D eigenvalue weighted by molar-refractivity contribution is 5.55. The zero-order valence-corrected chi connectivity index (χ0v) is 5.73. The van der Waals surface area contributed by atoms with E-state index in [1.807, 2.05) is 6.07 Å². The summed E-state index contributed by atoms with van der Waals surface area (Å²) < 4.78 is 0. The normalized spacial score (nSPS) is 10.2. The van der Waals surface area contributed by atoms with Crippen LogP contribution in [0.15, 0.2) is 24.4 Å². The molecule has 0 radical (unpaired) electrons. The van der Waals surface area contributed by atoms with Crippen molar-refractivity contribution in [2.75, 3.05) is 5.73 Å². The maximum atomic E-state index is 5.50. The van der Waals surface area contributed by atoms with E-state index in [2.05, 4.69) is 15.2 Å². The molecule has 0 bridgehead atoms. The molecule has 0 saturated heterocycles. The molecule has 0 amide bonds.